The van der Waals surface area contributed by atoms with Crippen LogP contribution in [0, 0.1) is 13.0 Å². The maximum Gasteiger partial charge on any atom is 0 e. The van der Waals surface area contributed by atoms with Crippen LogP contribution in [0.2, 0.25) is 0 Å². The molecule has 0 N–H and O–H groups in total. The Labute approximate surface area is 97.7 Å². The van der Waals surface area contributed by atoms with Crippen molar-refractivity contribution < 1.29 is 37.5 Å². The second-order valence-electron chi connectivity index (χ2n) is 2.28. The summed E-state index contributed by atoms with van der Waals surface area (Å²) < 4.78 is 0. The van der Waals surface area contributed by atoms with E-state index in [0.29, 0.717) is 5.56 Å². The molecule has 0 atom stereocenters. The zero-order chi connectivity index (χ0) is 8.27. The average molecular weight is 233 g/mol. The summed E-state index contributed by atoms with van der Waals surface area (Å²) in [5, 5.41) is 0. The van der Waals surface area contributed by atoms with Crippen molar-refractivity contribution in [3.05, 3.63) is 47.5 Å². The van der Waals surface area contributed by atoms with E-state index in [1.165, 1.54) is 0 Å². The van der Waals surface area contributed by atoms with Gasteiger partial charge in [-0.25, -0.2) is 11.6 Å². The fraction of sp³-hybridized carbons (Fsp3) is 0.100. The van der Waals surface area contributed by atoms with Crippen molar-refractivity contribution in [1.82, 2.24) is 0 Å². The van der Waals surface area contributed by atoms with E-state index in [4.69, 9.17) is 0 Å². The van der Waals surface area contributed by atoms with Gasteiger partial charge in [-0.15, -0.1) is 12.1 Å². The molecule has 0 aliphatic carbocycles. The van der Waals surface area contributed by atoms with E-state index in [9.17, 15) is 4.79 Å². The second-order valence-corrected chi connectivity index (χ2v) is 2.28. The molecular formula is C10H8OY-2. The van der Waals surface area contributed by atoms with Crippen molar-refractivity contribution in [3.8, 4) is 0 Å². The fourth-order valence-electron chi connectivity index (χ4n) is 0.951. The molecule has 1 aromatic rings. The molecule has 0 heterocycles. The largest absolute Gasteiger partial charge is 0.391 e. The van der Waals surface area contributed by atoms with Gasteiger partial charge in [-0.1, -0.05) is 6.92 Å². The molecule has 0 aliphatic heterocycles. The molecule has 0 aliphatic rings. The third-order valence-corrected chi connectivity index (χ3v) is 1.57. The van der Waals surface area contributed by atoms with Crippen LogP contribution < -0.4 is 0 Å². The van der Waals surface area contributed by atoms with Crippen molar-refractivity contribution in [2.24, 2.45) is 0 Å². The van der Waals surface area contributed by atoms with E-state index < -0.39 is 0 Å². The molecule has 0 saturated carbocycles. The number of rotatable bonds is 2. The summed E-state index contributed by atoms with van der Waals surface area (Å²) in [6.07, 6.45) is 4.54. The Kier molecular flexibility index (Phi) is 5.27. The summed E-state index contributed by atoms with van der Waals surface area (Å²) in [6, 6.07) is 5.52. The molecule has 0 aromatic heterocycles. The smallest absolute Gasteiger partial charge is 0 e. The molecule has 0 bridgehead atoms. The minimum Gasteiger partial charge on any atom is -0.391 e. The molecule has 0 saturated heterocycles. The summed E-state index contributed by atoms with van der Waals surface area (Å²) in [4.78, 5) is 10.4. The first-order valence-corrected chi connectivity index (χ1v) is 3.30. The molecule has 0 fully saturated rings. The Morgan fingerprint density at radius 1 is 1.42 bits per heavy atom. The van der Waals surface area contributed by atoms with Crippen LogP contribution in [0.25, 0.3) is 0 Å². The predicted molar refractivity (Wildman–Crippen MR) is 43.9 cm³/mol. The first-order valence-electron chi connectivity index (χ1n) is 3.30. The van der Waals surface area contributed by atoms with E-state index in [-0.39, 0.29) is 32.7 Å². The minimum absolute atomic E-state index is 0. The van der Waals surface area contributed by atoms with Crippen LogP contribution >= 0.6 is 0 Å². The van der Waals surface area contributed by atoms with E-state index in [0.717, 1.165) is 11.1 Å². The van der Waals surface area contributed by atoms with Gasteiger partial charge < -0.3 is 4.79 Å². The first kappa shape index (κ1) is 11.7. The summed E-state index contributed by atoms with van der Waals surface area (Å²) in [7, 11) is 0. The van der Waals surface area contributed by atoms with Crippen molar-refractivity contribution >= 4 is 6.29 Å². The Bertz CT molecular complexity index is 292. The molecule has 59 valence electrons. The minimum atomic E-state index is 0. The normalized spacial score (nSPS) is 8.42. The van der Waals surface area contributed by atoms with E-state index in [2.05, 4.69) is 12.7 Å². The Hall–Kier alpha value is -0.266. The van der Waals surface area contributed by atoms with Gasteiger partial charge in [-0.3, -0.25) is 17.2 Å². The Morgan fingerprint density at radius 2 is 2.08 bits per heavy atom. The molecule has 0 amide bonds. The van der Waals surface area contributed by atoms with Crippen molar-refractivity contribution in [1.29, 1.82) is 0 Å². The van der Waals surface area contributed by atoms with E-state index >= 15 is 0 Å². The molecule has 0 spiro atoms. The van der Waals surface area contributed by atoms with Crippen LogP contribution in [0.5, 0.6) is 0 Å². The van der Waals surface area contributed by atoms with E-state index in [1.807, 2.05) is 25.3 Å². The summed E-state index contributed by atoms with van der Waals surface area (Å²) in [5.74, 6) is 0. The molecule has 1 radical (unpaired) electrons. The van der Waals surface area contributed by atoms with Crippen molar-refractivity contribution in [2.75, 3.05) is 0 Å². The molecule has 12 heavy (non-hydrogen) atoms. The quantitative estimate of drug-likeness (QED) is 0.711. The Balaban J connectivity index is 0.00000121. The molecular weight excluding hydrogens is 225 g/mol. The van der Waals surface area contributed by atoms with Crippen LogP contribution in [0.3, 0.4) is 0 Å². The van der Waals surface area contributed by atoms with Gasteiger partial charge in [0.25, 0.3) is 0 Å². The van der Waals surface area contributed by atoms with Crippen molar-refractivity contribution in [2.45, 2.75) is 6.92 Å². The number of hydrogen-bond acceptors (Lipinski definition) is 1. The monoisotopic (exact) mass is 233 g/mol. The van der Waals surface area contributed by atoms with Gasteiger partial charge in [0, 0.05) is 32.7 Å². The maximum absolute atomic E-state index is 10.4. The molecule has 2 heteroatoms. The fourth-order valence-corrected chi connectivity index (χ4v) is 0.951. The molecule has 1 aromatic carbocycles. The molecule has 1 nitrogen and oxygen atoms in total. The number of aryl methyl sites for hydroxylation is 1. The Morgan fingerprint density at radius 3 is 2.50 bits per heavy atom. The zero-order valence-electron chi connectivity index (χ0n) is 6.92. The zero-order valence-corrected chi connectivity index (χ0v) is 9.76. The summed E-state index contributed by atoms with van der Waals surface area (Å²) in [6.45, 7) is 5.34. The SMILES string of the molecule is C=[C-]c1cccc(C)c1[C-]=O.[Y]. The second kappa shape index (κ2) is 5.39. The third kappa shape index (κ3) is 2.36. The number of benzene rings is 1. The predicted octanol–water partition coefficient (Wildman–Crippen LogP) is 1.79. The van der Waals surface area contributed by atoms with Crippen LogP contribution in [0.4, 0.5) is 0 Å². The maximum atomic E-state index is 10.4. The van der Waals surface area contributed by atoms with Crippen molar-refractivity contribution in [3.63, 3.8) is 0 Å². The summed E-state index contributed by atoms with van der Waals surface area (Å²) in [5.41, 5.74) is 2.19. The standard InChI is InChI=1S/C10H8O.Y/c1-3-9-6-4-5-8(2)10(9)7-11;/h4-6H,1H2,2H3;/q-2;. The molecule has 0 unspecified atom stereocenters. The number of hydrogen-bond donors (Lipinski definition) is 0. The van der Waals surface area contributed by atoms with Gasteiger partial charge in [0.05, 0.1) is 0 Å². The average Bonchev–Trinajstić information content (AvgIpc) is 2.04. The van der Waals surface area contributed by atoms with Crippen LogP contribution in [-0.4, -0.2) is 6.29 Å². The number of carbonyl (C=O) groups excluding carboxylic acids is 1. The van der Waals surface area contributed by atoms with Gasteiger partial charge in [0.15, 0.2) is 0 Å². The molecule has 1 rings (SSSR count). The van der Waals surface area contributed by atoms with Gasteiger partial charge in [0.2, 0.25) is 0 Å². The summed E-state index contributed by atoms with van der Waals surface area (Å²) >= 11 is 0. The van der Waals surface area contributed by atoms with E-state index in [1.54, 1.807) is 6.07 Å². The van der Waals surface area contributed by atoms with Gasteiger partial charge in [-0.05, 0) is 6.29 Å². The topological polar surface area (TPSA) is 17.1 Å². The van der Waals surface area contributed by atoms with Crippen LogP contribution in [-0.2, 0) is 37.5 Å². The van der Waals surface area contributed by atoms with Gasteiger partial charge >= 0.3 is 0 Å². The first-order chi connectivity index (χ1) is 5.29. The van der Waals surface area contributed by atoms with Crippen LogP contribution in [0.1, 0.15) is 16.7 Å². The third-order valence-electron chi connectivity index (χ3n) is 1.57. The van der Waals surface area contributed by atoms with Gasteiger partial charge in [-0.2, -0.15) is 6.58 Å². The van der Waals surface area contributed by atoms with Crippen LogP contribution in [0.15, 0.2) is 24.8 Å². The van der Waals surface area contributed by atoms with Gasteiger partial charge in [0.1, 0.15) is 0 Å².